The third-order valence-electron chi connectivity index (χ3n) is 6.31. The summed E-state index contributed by atoms with van der Waals surface area (Å²) >= 11 is 0. The van der Waals surface area contributed by atoms with Crippen LogP contribution in [0, 0.1) is 0 Å². The van der Waals surface area contributed by atoms with Gasteiger partial charge in [-0.2, -0.15) is 26.3 Å². The van der Waals surface area contributed by atoms with Gasteiger partial charge in [-0.1, -0.05) is 19.9 Å². The molecule has 0 bridgehead atoms. The lowest BCUT2D eigenvalue weighted by molar-refractivity contribution is -0.143. The van der Waals surface area contributed by atoms with Crippen LogP contribution in [0.1, 0.15) is 66.5 Å². The molecule has 2 amide bonds. The number of rotatable bonds is 9. The van der Waals surface area contributed by atoms with Crippen molar-refractivity contribution in [3.63, 3.8) is 0 Å². The van der Waals surface area contributed by atoms with E-state index in [1.807, 2.05) is 6.07 Å². The van der Waals surface area contributed by atoms with Crippen LogP contribution < -0.4 is 10.6 Å². The molecule has 198 valence electrons. The summed E-state index contributed by atoms with van der Waals surface area (Å²) in [6.07, 6.45) is -5.34. The molecule has 0 radical (unpaired) electrons. The quantitative estimate of drug-likeness (QED) is 0.369. The molecular weight excluding hydrogens is 484 g/mol. The molecule has 0 unspecified atom stereocenters. The zero-order valence-corrected chi connectivity index (χ0v) is 20.4. The van der Waals surface area contributed by atoms with Gasteiger partial charge in [0.25, 0.3) is 0 Å². The number of carbonyl (C=O) groups is 1. The van der Waals surface area contributed by atoms with E-state index in [4.69, 9.17) is 5.73 Å². The largest absolute Gasteiger partial charge is 0.416 e. The van der Waals surface area contributed by atoms with Crippen LogP contribution in [0.5, 0.6) is 0 Å². The van der Waals surface area contributed by atoms with E-state index in [9.17, 15) is 31.1 Å². The molecule has 1 aliphatic carbocycles. The van der Waals surface area contributed by atoms with Gasteiger partial charge in [0.05, 0.1) is 11.1 Å². The SMILES string of the molecule is CCCN(CCC)c1cc2c(cc1CN(Cc1cc(C(F)(F)F)cc(C(F)(F)F)c1)C(N)=O)CCC2. The second-order valence-corrected chi connectivity index (χ2v) is 9.20. The zero-order valence-electron chi connectivity index (χ0n) is 20.4. The predicted octanol–water partition coefficient (Wildman–Crippen LogP) is 6.92. The summed E-state index contributed by atoms with van der Waals surface area (Å²) in [6.45, 7) is 5.14. The monoisotopic (exact) mass is 515 g/mol. The molecule has 0 fully saturated rings. The maximum Gasteiger partial charge on any atom is 0.416 e. The molecule has 10 heteroatoms. The molecule has 0 aliphatic heterocycles. The summed E-state index contributed by atoms with van der Waals surface area (Å²) < 4.78 is 79.9. The number of nitrogens with two attached hydrogens (primary N) is 1. The van der Waals surface area contributed by atoms with E-state index in [0.29, 0.717) is 12.1 Å². The Morgan fingerprint density at radius 2 is 1.36 bits per heavy atom. The fourth-order valence-corrected chi connectivity index (χ4v) is 4.72. The van der Waals surface area contributed by atoms with Gasteiger partial charge < -0.3 is 15.5 Å². The van der Waals surface area contributed by atoms with E-state index in [1.165, 1.54) is 5.56 Å². The van der Waals surface area contributed by atoms with Crippen molar-refractivity contribution in [2.45, 2.75) is 71.4 Å². The van der Waals surface area contributed by atoms with E-state index in [-0.39, 0.29) is 18.2 Å². The zero-order chi connectivity index (χ0) is 26.7. The van der Waals surface area contributed by atoms with Crippen molar-refractivity contribution in [1.82, 2.24) is 4.90 Å². The number of aryl methyl sites for hydroxylation is 2. The number of urea groups is 1. The standard InChI is InChI=1S/C26H31F6N3O/c1-3-8-34(9-4-2)23-13-19-7-5-6-18(19)12-20(23)16-35(24(33)36)15-17-10-21(25(27,28)29)14-22(11-17)26(30,31)32/h10-14H,3-9,15-16H2,1-2H3,(H2,33,36). The van der Waals surface area contributed by atoms with Crippen LogP contribution in [0.25, 0.3) is 0 Å². The Labute approximate surface area is 207 Å². The molecule has 2 aromatic carbocycles. The molecule has 2 N–H and O–H groups in total. The Bertz CT molecular complexity index is 1040. The summed E-state index contributed by atoms with van der Waals surface area (Å²) in [5.74, 6) is 0. The first-order valence-electron chi connectivity index (χ1n) is 12.1. The normalized spacial score (nSPS) is 13.6. The van der Waals surface area contributed by atoms with E-state index in [2.05, 4.69) is 24.8 Å². The number of alkyl halides is 6. The van der Waals surface area contributed by atoms with E-state index in [1.54, 1.807) is 0 Å². The Hall–Kier alpha value is -2.91. The van der Waals surface area contributed by atoms with Crippen LogP contribution >= 0.6 is 0 Å². The highest BCUT2D eigenvalue weighted by Crippen LogP contribution is 2.37. The first-order valence-corrected chi connectivity index (χ1v) is 12.1. The van der Waals surface area contributed by atoms with E-state index < -0.39 is 36.1 Å². The van der Waals surface area contributed by atoms with Gasteiger partial charge in [0.15, 0.2) is 0 Å². The topological polar surface area (TPSA) is 49.6 Å². The fourth-order valence-electron chi connectivity index (χ4n) is 4.72. The second kappa shape index (κ2) is 11.0. The van der Waals surface area contributed by atoms with Crippen molar-refractivity contribution < 1.29 is 31.1 Å². The number of fused-ring (bicyclic) bond motifs is 1. The second-order valence-electron chi connectivity index (χ2n) is 9.20. The van der Waals surface area contributed by atoms with Crippen LogP contribution in [0.15, 0.2) is 30.3 Å². The van der Waals surface area contributed by atoms with E-state index >= 15 is 0 Å². The number of halogens is 6. The molecule has 0 atom stereocenters. The van der Waals surface area contributed by atoms with E-state index in [0.717, 1.165) is 66.9 Å². The van der Waals surface area contributed by atoms with Gasteiger partial charge in [0, 0.05) is 31.9 Å². The first kappa shape index (κ1) is 27.7. The van der Waals surface area contributed by atoms with Crippen molar-refractivity contribution >= 4 is 11.7 Å². The molecule has 0 aromatic heterocycles. The maximum atomic E-state index is 13.3. The van der Waals surface area contributed by atoms with Crippen molar-refractivity contribution in [1.29, 1.82) is 0 Å². The van der Waals surface area contributed by atoms with Crippen LogP contribution in [-0.2, 0) is 38.3 Å². The molecule has 0 spiro atoms. The highest BCUT2D eigenvalue weighted by atomic mass is 19.4. The molecule has 0 saturated carbocycles. The molecule has 2 aromatic rings. The lowest BCUT2D eigenvalue weighted by atomic mass is 10.0. The van der Waals surface area contributed by atoms with Gasteiger partial charge in [0.2, 0.25) is 0 Å². The van der Waals surface area contributed by atoms with Crippen LogP contribution in [0.3, 0.4) is 0 Å². The highest BCUT2D eigenvalue weighted by Gasteiger charge is 2.37. The molecule has 4 nitrogen and oxygen atoms in total. The highest BCUT2D eigenvalue weighted by molar-refractivity contribution is 5.72. The molecule has 0 heterocycles. The molecule has 36 heavy (non-hydrogen) atoms. The smallest absolute Gasteiger partial charge is 0.371 e. The van der Waals surface area contributed by atoms with Gasteiger partial charge in [0.1, 0.15) is 0 Å². The van der Waals surface area contributed by atoms with Crippen molar-refractivity contribution in [2.75, 3.05) is 18.0 Å². The summed E-state index contributed by atoms with van der Waals surface area (Å²) in [5.41, 5.74) is 6.49. The number of primary amides is 1. The predicted molar refractivity (Wildman–Crippen MR) is 127 cm³/mol. The third kappa shape index (κ3) is 6.64. The number of nitrogens with zero attached hydrogens (tertiary/aromatic N) is 2. The Balaban J connectivity index is 2.01. The number of hydrogen-bond donors (Lipinski definition) is 1. The average Bonchev–Trinajstić information content (AvgIpc) is 3.24. The minimum Gasteiger partial charge on any atom is -0.371 e. The maximum absolute atomic E-state index is 13.3. The lowest BCUT2D eigenvalue weighted by Gasteiger charge is -2.30. The molecule has 0 saturated heterocycles. The van der Waals surface area contributed by atoms with Gasteiger partial charge >= 0.3 is 18.4 Å². The Morgan fingerprint density at radius 1 is 0.833 bits per heavy atom. The van der Waals surface area contributed by atoms with Crippen LogP contribution in [0.2, 0.25) is 0 Å². The number of hydrogen-bond acceptors (Lipinski definition) is 2. The van der Waals surface area contributed by atoms with Gasteiger partial charge in [-0.25, -0.2) is 4.79 Å². The number of anilines is 1. The summed E-state index contributed by atoms with van der Waals surface area (Å²) in [7, 11) is 0. The van der Waals surface area contributed by atoms with Gasteiger partial charge in [-0.3, -0.25) is 0 Å². The van der Waals surface area contributed by atoms with Gasteiger partial charge in [-0.05, 0) is 78.6 Å². The van der Waals surface area contributed by atoms with Crippen LogP contribution in [0.4, 0.5) is 36.8 Å². The number of benzene rings is 2. The molecule has 3 rings (SSSR count). The molecular formula is C26H31F6N3O. The minimum atomic E-state index is -4.97. The van der Waals surface area contributed by atoms with Crippen molar-refractivity contribution in [2.24, 2.45) is 5.73 Å². The average molecular weight is 516 g/mol. The first-order chi connectivity index (χ1) is 16.8. The number of carbonyl (C=O) groups excluding carboxylic acids is 1. The molecule has 1 aliphatic rings. The number of amides is 2. The summed E-state index contributed by atoms with van der Waals surface area (Å²) in [5, 5.41) is 0. The third-order valence-corrected chi connectivity index (χ3v) is 6.31. The fraction of sp³-hybridized carbons (Fsp3) is 0.500. The van der Waals surface area contributed by atoms with Crippen molar-refractivity contribution in [3.8, 4) is 0 Å². The van der Waals surface area contributed by atoms with Crippen LogP contribution in [-0.4, -0.2) is 24.0 Å². The Kier molecular flexibility index (Phi) is 8.46. The summed E-state index contributed by atoms with van der Waals surface area (Å²) in [6, 6.07) is 4.52. The Morgan fingerprint density at radius 3 is 1.83 bits per heavy atom. The lowest BCUT2D eigenvalue weighted by Crippen LogP contribution is -2.36. The summed E-state index contributed by atoms with van der Waals surface area (Å²) in [4.78, 5) is 15.6. The van der Waals surface area contributed by atoms with Gasteiger partial charge in [-0.15, -0.1) is 0 Å². The minimum absolute atomic E-state index is 0.0283. The van der Waals surface area contributed by atoms with Crippen molar-refractivity contribution in [3.05, 3.63) is 63.7 Å².